The molecule has 1 rings (SSSR count). The lowest BCUT2D eigenvalue weighted by Crippen LogP contribution is -2.29. The Balaban J connectivity index is 3.01. The quantitative estimate of drug-likeness (QED) is 0.816. The third-order valence-electron chi connectivity index (χ3n) is 2.91. The van der Waals surface area contributed by atoms with E-state index in [1.165, 1.54) is 0 Å². The van der Waals surface area contributed by atoms with Gasteiger partial charge in [0.15, 0.2) is 0 Å². The van der Waals surface area contributed by atoms with Crippen LogP contribution in [0, 0.1) is 17.2 Å². The molecule has 19 heavy (non-hydrogen) atoms. The van der Waals surface area contributed by atoms with Gasteiger partial charge in [0.2, 0.25) is 0 Å². The molecule has 0 amide bonds. The lowest BCUT2D eigenvalue weighted by Gasteiger charge is -2.23. The Morgan fingerprint density at radius 2 is 2.16 bits per heavy atom. The van der Waals surface area contributed by atoms with Crippen molar-refractivity contribution in [3.05, 3.63) is 11.9 Å². The van der Waals surface area contributed by atoms with Gasteiger partial charge in [0.05, 0.1) is 12.0 Å². The number of hydrogen-bond donors (Lipinski definition) is 1. The summed E-state index contributed by atoms with van der Waals surface area (Å²) < 4.78 is 0. The number of anilines is 2. The molecule has 0 aliphatic carbocycles. The highest BCUT2D eigenvalue weighted by Crippen LogP contribution is 2.17. The van der Waals surface area contributed by atoms with Gasteiger partial charge in [0.1, 0.15) is 17.5 Å². The van der Waals surface area contributed by atoms with Crippen molar-refractivity contribution in [2.75, 3.05) is 30.4 Å². The maximum atomic E-state index is 8.94. The van der Waals surface area contributed by atoms with E-state index in [1.807, 2.05) is 20.0 Å². The van der Waals surface area contributed by atoms with E-state index >= 15 is 0 Å². The molecule has 0 bridgehead atoms. The van der Waals surface area contributed by atoms with Gasteiger partial charge in [-0.1, -0.05) is 6.92 Å². The molecule has 104 valence electrons. The molecular formula is C14H23N5. The fourth-order valence-electron chi connectivity index (χ4n) is 1.86. The van der Waals surface area contributed by atoms with E-state index in [-0.39, 0.29) is 5.92 Å². The van der Waals surface area contributed by atoms with Crippen LogP contribution < -0.4 is 10.2 Å². The maximum absolute atomic E-state index is 8.94. The minimum absolute atomic E-state index is 0.0115. The van der Waals surface area contributed by atoms with Crippen LogP contribution in [0.25, 0.3) is 0 Å². The van der Waals surface area contributed by atoms with Crippen molar-refractivity contribution < 1.29 is 0 Å². The van der Waals surface area contributed by atoms with Crippen molar-refractivity contribution in [1.82, 2.24) is 9.97 Å². The number of nitriles is 1. The summed E-state index contributed by atoms with van der Waals surface area (Å²) in [5, 5.41) is 12.0. The molecule has 0 spiro atoms. The van der Waals surface area contributed by atoms with Crippen LogP contribution >= 0.6 is 0 Å². The Kier molecular flexibility index (Phi) is 6.07. The summed E-state index contributed by atoms with van der Waals surface area (Å²) >= 11 is 0. The molecule has 0 aliphatic heterocycles. The molecule has 0 radical (unpaired) electrons. The highest BCUT2D eigenvalue weighted by atomic mass is 15.2. The van der Waals surface area contributed by atoms with E-state index in [1.54, 1.807) is 0 Å². The molecule has 0 fully saturated rings. The van der Waals surface area contributed by atoms with Crippen molar-refractivity contribution in [1.29, 1.82) is 5.26 Å². The smallest absolute Gasteiger partial charge is 0.134 e. The SMILES string of the molecule is CCCc1nc(NC)cc(N(CC)CC(C)C#N)n1. The average Bonchev–Trinajstić information content (AvgIpc) is 2.44. The first kappa shape index (κ1) is 15.2. The number of nitrogens with one attached hydrogen (secondary N) is 1. The molecular weight excluding hydrogens is 238 g/mol. The maximum Gasteiger partial charge on any atom is 0.134 e. The largest absolute Gasteiger partial charge is 0.373 e. The Bertz CT molecular complexity index is 438. The van der Waals surface area contributed by atoms with Gasteiger partial charge >= 0.3 is 0 Å². The summed E-state index contributed by atoms with van der Waals surface area (Å²) in [6, 6.07) is 4.20. The number of aryl methyl sites for hydroxylation is 1. The Morgan fingerprint density at radius 3 is 2.68 bits per heavy atom. The molecule has 0 saturated heterocycles. The van der Waals surface area contributed by atoms with Gasteiger partial charge in [-0.2, -0.15) is 5.26 Å². The van der Waals surface area contributed by atoms with Crippen LogP contribution in [0.5, 0.6) is 0 Å². The second kappa shape index (κ2) is 7.57. The van der Waals surface area contributed by atoms with Gasteiger partial charge in [-0.25, -0.2) is 9.97 Å². The molecule has 1 N–H and O–H groups in total. The fourth-order valence-corrected chi connectivity index (χ4v) is 1.86. The normalized spacial score (nSPS) is 11.7. The number of nitrogens with zero attached hydrogens (tertiary/aromatic N) is 4. The fraction of sp³-hybridized carbons (Fsp3) is 0.643. The summed E-state index contributed by atoms with van der Waals surface area (Å²) in [7, 11) is 1.86. The van der Waals surface area contributed by atoms with Crippen LogP contribution in [-0.2, 0) is 6.42 Å². The predicted molar refractivity (Wildman–Crippen MR) is 78.2 cm³/mol. The molecule has 0 saturated carbocycles. The number of hydrogen-bond acceptors (Lipinski definition) is 5. The van der Waals surface area contributed by atoms with Crippen molar-refractivity contribution >= 4 is 11.6 Å². The Labute approximate surface area is 115 Å². The summed E-state index contributed by atoms with van der Waals surface area (Å²) in [5.41, 5.74) is 0. The summed E-state index contributed by atoms with van der Waals surface area (Å²) in [6.07, 6.45) is 1.89. The van der Waals surface area contributed by atoms with Gasteiger partial charge in [0.25, 0.3) is 0 Å². The van der Waals surface area contributed by atoms with E-state index in [2.05, 4.69) is 40.1 Å². The summed E-state index contributed by atoms with van der Waals surface area (Å²) in [4.78, 5) is 11.2. The number of aromatic nitrogens is 2. The lowest BCUT2D eigenvalue weighted by atomic mass is 10.2. The molecule has 5 nitrogen and oxygen atoms in total. The predicted octanol–water partition coefficient (Wildman–Crippen LogP) is 2.46. The molecule has 1 atom stereocenters. The highest BCUT2D eigenvalue weighted by Gasteiger charge is 2.12. The van der Waals surface area contributed by atoms with E-state index in [4.69, 9.17) is 5.26 Å². The van der Waals surface area contributed by atoms with E-state index in [9.17, 15) is 0 Å². The van der Waals surface area contributed by atoms with Gasteiger partial charge in [-0.05, 0) is 20.3 Å². The zero-order valence-electron chi connectivity index (χ0n) is 12.3. The number of rotatable bonds is 7. The molecule has 1 unspecified atom stereocenters. The zero-order valence-corrected chi connectivity index (χ0v) is 12.3. The first-order chi connectivity index (χ1) is 9.14. The lowest BCUT2D eigenvalue weighted by molar-refractivity contribution is 0.675. The van der Waals surface area contributed by atoms with Crippen LogP contribution in [0.3, 0.4) is 0 Å². The van der Waals surface area contributed by atoms with Crippen LogP contribution in [0.4, 0.5) is 11.6 Å². The van der Waals surface area contributed by atoms with Crippen LogP contribution in [0.1, 0.15) is 33.0 Å². The van der Waals surface area contributed by atoms with Gasteiger partial charge < -0.3 is 10.2 Å². The van der Waals surface area contributed by atoms with Crippen LogP contribution in [0.2, 0.25) is 0 Å². The van der Waals surface area contributed by atoms with Gasteiger partial charge in [-0.3, -0.25) is 0 Å². The zero-order chi connectivity index (χ0) is 14.3. The average molecular weight is 261 g/mol. The molecule has 1 aromatic heterocycles. The summed E-state index contributed by atoms with van der Waals surface area (Å²) in [5.74, 6) is 2.57. The van der Waals surface area contributed by atoms with Crippen molar-refractivity contribution in [2.45, 2.75) is 33.6 Å². The second-order valence-electron chi connectivity index (χ2n) is 4.60. The Hall–Kier alpha value is -1.83. The first-order valence-corrected chi connectivity index (χ1v) is 6.84. The molecule has 1 aromatic rings. The topological polar surface area (TPSA) is 64.8 Å². The van der Waals surface area contributed by atoms with Crippen molar-refractivity contribution in [2.24, 2.45) is 5.92 Å². The van der Waals surface area contributed by atoms with Gasteiger partial charge in [-0.15, -0.1) is 0 Å². The van der Waals surface area contributed by atoms with Crippen molar-refractivity contribution in [3.63, 3.8) is 0 Å². The van der Waals surface area contributed by atoms with Crippen LogP contribution in [0.15, 0.2) is 6.07 Å². The van der Waals surface area contributed by atoms with E-state index < -0.39 is 0 Å². The molecule has 0 aromatic carbocycles. The van der Waals surface area contributed by atoms with E-state index in [0.29, 0.717) is 6.54 Å². The van der Waals surface area contributed by atoms with E-state index in [0.717, 1.165) is 36.8 Å². The monoisotopic (exact) mass is 261 g/mol. The molecule has 1 heterocycles. The third kappa shape index (κ3) is 4.40. The summed E-state index contributed by atoms with van der Waals surface area (Å²) in [6.45, 7) is 7.64. The minimum atomic E-state index is -0.0115. The third-order valence-corrected chi connectivity index (χ3v) is 2.91. The molecule has 0 aliphatic rings. The first-order valence-electron chi connectivity index (χ1n) is 6.84. The van der Waals surface area contributed by atoms with Crippen LogP contribution in [-0.4, -0.2) is 30.1 Å². The second-order valence-corrected chi connectivity index (χ2v) is 4.60. The molecule has 5 heteroatoms. The Morgan fingerprint density at radius 1 is 1.42 bits per heavy atom. The van der Waals surface area contributed by atoms with Crippen molar-refractivity contribution in [3.8, 4) is 6.07 Å². The minimum Gasteiger partial charge on any atom is -0.373 e. The standard InChI is InChI=1S/C14H23N5/c1-5-7-12-17-13(16-4)8-14(18-12)19(6-2)10-11(3)9-15/h8,11H,5-7,10H2,1-4H3,(H,16,17,18). The van der Waals surface area contributed by atoms with Gasteiger partial charge in [0, 0.05) is 32.6 Å². The highest BCUT2D eigenvalue weighted by molar-refractivity contribution is 5.49.